The van der Waals surface area contributed by atoms with Crippen LogP contribution in [0.5, 0.6) is 0 Å². The normalized spacial score (nSPS) is 16.5. The maximum absolute atomic E-state index is 13.0. The van der Waals surface area contributed by atoms with Crippen LogP contribution in [0.25, 0.3) is 10.9 Å². The third kappa shape index (κ3) is 4.23. The number of amides is 2. The molecule has 0 saturated carbocycles. The Labute approximate surface area is 177 Å². The highest BCUT2D eigenvalue weighted by Crippen LogP contribution is 2.36. The average molecular weight is 487 g/mol. The van der Waals surface area contributed by atoms with Gasteiger partial charge in [-0.25, -0.2) is 4.79 Å². The van der Waals surface area contributed by atoms with Crippen LogP contribution in [0.3, 0.4) is 0 Å². The SMILES string of the molecule is O=C(Nc1ccc(Cl)c(C(F)(F)F)c1)NC1CCc2[nH]c3ccc(Br)cc3c2C1. The van der Waals surface area contributed by atoms with Crippen LogP contribution in [-0.4, -0.2) is 17.1 Å². The number of carbonyl (C=O) groups is 1. The van der Waals surface area contributed by atoms with Gasteiger partial charge in [0.25, 0.3) is 0 Å². The third-order valence-corrected chi connectivity index (χ3v) is 5.84. The molecule has 1 unspecified atom stereocenters. The van der Waals surface area contributed by atoms with E-state index in [9.17, 15) is 18.0 Å². The van der Waals surface area contributed by atoms with Crippen molar-refractivity contribution in [3.8, 4) is 0 Å². The first-order chi connectivity index (χ1) is 13.7. The van der Waals surface area contributed by atoms with Crippen molar-refractivity contribution in [1.29, 1.82) is 0 Å². The molecule has 0 fully saturated rings. The van der Waals surface area contributed by atoms with Crippen molar-refractivity contribution >= 4 is 50.2 Å². The van der Waals surface area contributed by atoms with Gasteiger partial charge in [0.05, 0.1) is 10.6 Å². The molecule has 2 aromatic carbocycles. The molecule has 9 heteroatoms. The van der Waals surface area contributed by atoms with E-state index >= 15 is 0 Å². The summed E-state index contributed by atoms with van der Waals surface area (Å²) < 4.78 is 39.9. The lowest BCUT2D eigenvalue weighted by Crippen LogP contribution is -2.41. The van der Waals surface area contributed by atoms with E-state index in [0.717, 1.165) is 51.6 Å². The Morgan fingerprint density at radius 1 is 1.21 bits per heavy atom. The second-order valence-electron chi connectivity index (χ2n) is 7.00. The molecule has 3 N–H and O–H groups in total. The number of halogens is 5. The zero-order valence-electron chi connectivity index (χ0n) is 15.0. The molecule has 1 heterocycles. The fraction of sp³-hybridized carbons (Fsp3) is 0.250. The Kier molecular flexibility index (Phi) is 5.25. The lowest BCUT2D eigenvalue weighted by atomic mass is 9.91. The second kappa shape index (κ2) is 7.57. The molecule has 1 aromatic heterocycles. The first-order valence-corrected chi connectivity index (χ1v) is 10.1. The molecule has 0 aliphatic heterocycles. The monoisotopic (exact) mass is 485 g/mol. The number of fused-ring (bicyclic) bond motifs is 3. The zero-order valence-corrected chi connectivity index (χ0v) is 17.3. The molecule has 29 heavy (non-hydrogen) atoms. The summed E-state index contributed by atoms with van der Waals surface area (Å²) in [6, 6.07) is 8.65. The van der Waals surface area contributed by atoms with Crippen LogP contribution >= 0.6 is 27.5 Å². The molecule has 0 radical (unpaired) electrons. The fourth-order valence-electron chi connectivity index (χ4n) is 3.69. The highest BCUT2D eigenvalue weighted by Gasteiger charge is 2.33. The lowest BCUT2D eigenvalue weighted by Gasteiger charge is -2.24. The summed E-state index contributed by atoms with van der Waals surface area (Å²) in [6.45, 7) is 0. The quantitative estimate of drug-likeness (QED) is 0.392. The minimum absolute atomic E-state index is 0.0340. The molecule has 152 valence electrons. The fourth-order valence-corrected chi connectivity index (χ4v) is 4.27. The van der Waals surface area contributed by atoms with E-state index in [0.29, 0.717) is 6.42 Å². The number of alkyl halides is 3. The zero-order chi connectivity index (χ0) is 20.8. The smallest absolute Gasteiger partial charge is 0.358 e. The number of aromatic amines is 1. The van der Waals surface area contributed by atoms with Gasteiger partial charge in [0.1, 0.15) is 0 Å². The van der Waals surface area contributed by atoms with Gasteiger partial charge in [0.2, 0.25) is 0 Å². The summed E-state index contributed by atoms with van der Waals surface area (Å²) in [5.74, 6) is 0. The van der Waals surface area contributed by atoms with Gasteiger partial charge in [-0.05, 0) is 61.2 Å². The van der Waals surface area contributed by atoms with Gasteiger partial charge in [-0.15, -0.1) is 0 Å². The summed E-state index contributed by atoms with van der Waals surface area (Å²) in [7, 11) is 0. The summed E-state index contributed by atoms with van der Waals surface area (Å²) in [4.78, 5) is 15.8. The summed E-state index contributed by atoms with van der Waals surface area (Å²) >= 11 is 9.09. The topological polar surface area (TPSA) is 56.9 Å². The van der Waals surface area contributed by atoms with E-state index in [2.05, 4.69) is 31.5 Å². The number of H-pyrrole nitrogens is 1. The van der Waals surface area contributed by atoms with Crippen LogP contribution < -0.4 is 10.6 Å². The predicted octanol–water partition coefficient (Wildman–Crippen LogP) is 6.28. The maximum atomic E-state index is 13.0. The number of aromatic nitrogens is 1. The maximum Gasteiger partial charge on any atom is 0.417 e. The number of anilines is 1. The molecule has 3 aromatic rings. The summed E-state index contributed by atoms with van der Waals surface area (Å²) in [5.41, 5.74) is 2.41. The van der Waals surface area contributed by atoms with Crippen LogP contribution in [0.1, 0.15) is 23.2 Å². The van der Waals surface area contributed by atoms with Gasteiger partial charge in [0.15, 0.2) is 0 Å². The van der Waals surface area contributed by atoms with Gasteiger partial charge < -0.3 is 15.6 Å². The standard InChI is InChI=1S/C20H16BrClF3N3O/c21-10-1-5-17-13(7-10)14-8-11(3-6-18(14)28-17)26-19(29)27-12-2-4-16(22)15(9-12)20(23,24)25/h1-2,4-5,7,9,11,28H,3,6,8H2,(H2,26,27,29). The van der Waals surface area contributed by atoms with Gasteiger partial charge in [-0.1, -0.05) is 27.5 Å². The number of carbonyl (C=O) groups excluding carboxylic acids is 1. The molecule has 1 aliphatic carbocycles. The molecular formula is C20H16BrClF3N3O. The van der Waals surface area contributed by atoms with Crippen LogP contribution in [0, 0.1) is 0 Å². The Bertz CT molecular complexity index is 1100. The molecule has 0 spiro atoms. The van der Waals surface area contributed by atoms with Gasteiger partial charge in [0, 0.05) is 32.8 Å². The van der Waals surface area contributed by atoms with Crippen molar-refractivity contribution in [3.05, 3.63) is 62.7 Å². The van der Waals surface area contributed by atoms with E-state index in [1.165, 1.54) is 6.07 Å². The molecule has 1 atom stereocenters. The van der Waals surface area contributed by atoms with Crippen molar-refractivity contribution in [1.82, 2.24) is 10.3 Å². The molecule has 0 bridgehead atoms. The van der Waals surface area contributed by atoms with Crippen molar-refractivity contribution < 1.29 is 18.0 Å². The van der Waals surface area contributed by atoms with Crippen LogP contribution in [-0.2, 0) is 19.0 Å². The number of aryl methyl sites for hydroxylation is 1. The van der Waals surface area contributed by atoms with E-state index in [1.807, 2.05) is 18.2 Å². The first kappa shape index (κ1) is 20.1. The molecule has 0 saturated heterocycles. The number of nitrogens with one attached hydrogen (secondary N) is 3. The van der Waals surface area contributed by atoms with Crippen LogP contribution in [0.2, 0.25) is 5.02 Å². The Morgan fingerprint density at radius 2 is 2.00 bits per heavy atom. The van der Waals surface area contributed by atoms with Crippen molar-refractivity contribution in [2.45, 2.75) is 31.5 Å². The third-order valence-electron chi connectivity index (χ3n) is 5.01. The Balaban J connectivity index is 1.46. The van der Waals surface area contributed by atoms with E-state index < -0.39 is 22.8 Å². The van der Waals surface area contributed by atoms with E-state index in [1.54, 1.807) is 0 Å². The summed E-state index contributed by atoms with van der Waals surface area (Å²) in [5, 5.41) is 6.03. The molecule has 2 amide bonds. The van der Waals surface area contributed by atoms with E-state index in [4.69, 9.17) is 11.6 Å². The lowest BCUT2D eigenvalue weighted by molar-refractivity contribution is -0.137. The Morgan fingerprint density at radius 3 is 2.76 bits per heavy atom. The minimum Gasteiger partial charge on any atom is -0.358 e. The number of urea groups is 1. The van der Waals surface area contributed by atoms with Crippen molar-refractivity contribution in [3.63, 3.8) is 0 Å². The van der Waals surface area contributed by atoms with Gasteiger partial charge >= 0.3 is 12.2 Å². The van der Waals surface area contributed by atoms with Crippen LogP contribution in [0.4, 0.5) is 23.7 Å². The first-order valence-electron chi connectivity index (χ1n) is 8.94. The number of benzene rings is 2. The van der Waals surface area contributed by atoms with Gasteiger partial charge in [-0.2, -0.15) is 13.2 Å². The Hall–Kier alpha value is -2.19. The highest BCUT2D eigenvalue weighted by atomic mass is 79.9. The summed E-state index contributed by atoms with van der Waals surface area (Å²) in [6.07, 6.45) is -2.42. The molecule has 4 rings (SSSR count). The predicted molar refractivity (Wildman–Crippen MR) is 110 cm³/mol. The number of hydrogen-bond donors (Lipinski definition) is 3. The largest absolute Gasteiger partial charge is 0.417 e. The molecule has 4 nitrogen and oxygen atoms in total. The molecular weight excluding hydrogens is 471 g/mol. The molecule has 1 aliphatic rings. The highest BCUT2D eigenvalue weighted by molar-refractivity contribution is 9.10. The van der Waals surface area contributed by atoms with Crippen LogP contribution in [0.15, 0.2) is 40.9 Å². The van der Waals surface area contributed by atoms with Crippen molar-refractivity contribution in [2.75, 3.05) is 5.32 Å². The minimum atomic E-state index is -4.59. The van der Waals surface area contributed by atoms with Crippen molar-refractivity contribution in [2.24, 2.45) is 0 Å². The second-order valence-corrected chi connectivity index (χ2v) is 8.33. The average Bonchev–Trinajstić information content (AvgIpc) is 2.99. The number of rotatable bonds is 2. The van der Waals surface area contributed by atoms with Gasteiger partial charge in [-0.3, -0.25) is 0 Å². The number of hydrogen-bond acceptors (Lipinski definition) is 1. The van der Waals surface area contributed by atoms with E-state index in [-0.39, 0.29) is 11.7 Å².